The van der Waals surface area contributed by atoms with Crippen molar-refractivity contribution in [1.82, 2.24) is 14.9 Å². The first kappa shape index (κ1) is 14.5. The monoisotopic (exact) mass is 313 g/mol. The second kappa shape index (κ2) is 5.38. The van der Waals surface area contributed by atoms with E-state index in [0.717, 1.165) is 18.7 Å². The van der Waals surface area contributed by atoms with Gasteiger partial charge in [-0.3, -0.25) is 4.90 Å². The van der Waals surface area contributed by atoms with Crippen LogP contribution in [0.1, 0.15) is 27.5 Å². The summed E-state index contributed by atoms with van der Waals surface area (Å²) in [7, 11) is 0. The Morgan fingerprint density at radius 2 is 2.19 bits per heavy atom. The molecule has 3 nitrogen and oxygen atoms in total. The maximum Gasteiger partial charge on any atom is 0.451 e. The first-order valence-electron chi connectivity index (χ1n) is 6.60. The largest absolute Gasteiger partial charge is 0.451 e. The van der Waals surface area contributed by atoms with Crippen LogP contribution in [-0.2, 0) is 25.7 Å². The minimum atomic E-state index is -4.48. The van der Waals surface area contributed by atoms with Crippen molar-refractivity contribution in [3.05, 3.63) is 45.2 Å². The van der Waals surface area contributed by atoms with Crippen LogP contribution in [0.15, 0.2) is 17.6 Å². The van der Waals surface area contributed by atoms with Crippen LogP contribution in [-0.4, -0.2) is 21.4 Å². The number of hydrogen-bond donors (Lipinski definition) is 0. The molecule has 0 aliphatic carbocycles. The van der Waals surface area contributed by atoms with E-state index in [1.54, 1.807) is 11.3 Å². The van der Waals surface area contributed by atoms with E-state index in [0.29, 0.717) is 18.7 Å². The lowest BCUT2D eigenvalue weighted by Crippen LogP contribution is -2.31. The van der Waals surface area contributed by atoms with Crippen LogP contribution < -0.4 is 0 Å². The minimum absolute atomic E-state index is 0.442. The fraction of sp³-hybridized carbons (Fsp3) is 0.429. The van der Waals surface area contributed by atoms with Crippen LogP contribution in [0.4, 0.5) is 13.2 Å². The predicted octanol–water partition coefficient (Wildman–Crippen LogP) is 3.42. The summed E-state index contributed by atoms with van der Waals surface area (Å²) in [5, 5.41) is 2.08. The molecule has 0 bridgehead atoms. The minimum Gasteiger partial charge on any atom is -0.292 e. The van der Waals surface area contributed by atoms with Gasteiger partial charge in [-0.25, -0.2) is 9.97 Å². The number of rotatable bonds is 2. The number of nitrogens with zero attached hydrogens (tertiary/aromatic N) is 3. The van der Waals surface area contributed by atoms with E-state index >= 15 is 0 Å². The fourth-order valence-electron chi connectivity index (χ4n) is 2.42. The second-order valence-corrected chi connectivity index (χ2v) is 6.21. The molecule has 3 heterocycles. The normalized spacial score (nSPS) is 16.0. The molecule has 112 valence electrons. The van der Waals surface area contributed by atoms with E-state index in [1.165, 1.54) is 16.6 Å². The molecule has 2 aromatic heterocycles. The lowest BCUT2D eigenvalue weighted by molar-refractivity contribution is -0.145. The molecule has 3 rings (SSSR count). The summed E-state index contributed by atoms with van der Waals surface area (Å²) in [6.45, 7) is 4.05. The molecule has 0 spiro atoms. The van der Waals surface area contributed by atoms with Crippen LogP contribution >= 0.6 is 11.3 Å². The molecule has 7 heteroatoms. The topological polar surface area (TPSA) is 29.0 Å². The van der Waals surface area contributed by atoms with Crippen molar-refractivity contribution < 1.29 is 13.2 Å². The molecule has 0 N–H and O–H groups in total. The van der Waals surface area contributed by atoms with E-state index in [1.807, 2.05) is 6.92 Å². The predicted molar refractivity (Wildman–Crippen MR) is 73.9 cm³/mol. The molecule has 0 fully saturated rings. The molecule has 1 aliphatic rings. The summed E-state index contributed by atoms with van der Waals surface area (Å²) in [4.78, 5) is 10.5. The molecular formula is C14H14F3N3S. The lowest BCUT2D eigenvalue weighted by Gasteiger charge is -2.27. The number of halogens is 3. The van der Waals surface area contributed by atoms with Crippen LogP contribution in [0, 0.1) is 6.92 Å². The van der Waals surface area contributed by atoms with Gasteiger partial charge < -0.3 is 0 Å². The average molecular weight is 313 g/mol. The summed E-state index contributed by atoms with van der Waals surface area (Å²) in [6.07, 6.45) is -2.47. The SMILES string of the molecule is Cc1csc(CN2CCc3cnc(C(F)(F)F)nc3C2)c1. The number of alkyl halides is 3. The third-order valence-corrected chi connectivity index (χ3v) is 4.48. The van der Waals surface area contributed by atoms with Gasteiger partial charge in [-0.15, -0.1) is 11.3 Å². The van der Waals surface area contributed by atoms with Gasteiger partial charge in [-0.2, -0.15) is 13.2 Å². The Balaban J connectivity index is 1.77. The standard InChI is InChI=1S/C14H14F3N3S/c1-9-4-11(21-8-9)6-20-3-2-10-5-18-13(14(15,16)17)19-12(10)7-20/h4-5,8H,2-3,6-7H2,1H3. The zero-order valence-corrected chi connectivity index (χ0v) is 12.3. The molecule has 0 atom stereocenters. The van der Waals surface area contributed by atoms with Gasteiger partial charge in [0.05, 0.1) is 5.69 Å². The maximum atomic E-state index is 12.7. The van der Waals surface area contributed by atoms with Crippen molar-refractivity contribution in [2.45, 2.75) is 32.6 Å². The molecular weight excluding hydrogens is 299 g/mol. The number of thiophene rings is 1. The molecule has 1 aliphatic heterocycles. The molecule has 21 heavy (non-hydrogen) atoms. The van der Waals surface area contributed by atoms with Crippen molar-refractivity contribution in [2.24, 2.45) is 0 Å². The summed E-state index contributed by atoms with van der Waals surface area (Å²) in [5.74, 6) is -1.05. The summed E-state index contributed by atoms with van der Waals surface area (Å²) in [6, 6.07) is 2.11. The Hall–Kier alpha value is -1.47. The van der Waals surface area contributed by atoms with Crippen LogP contribution in [0.2, 0.25) is 0 Å². The van der Waals surface area contributed by atoms with Gasteiger partial charge in [-0.05, 0) is 35.9 Å². The van der Waals surface area contributed by atoms with Gasteiger partial charge >= 0.3 is 6.18 Å². The molecule has 2 aromatic rings. The highest BCUT2D eigenvalue weighted by Gasteiger charge is 2.35. The highest BCUT2D eigenvalue weighted by atomic mass is 32.1. The molecule has 0 unspecified atom stereocenters. The van der Waals surface area contributed by atoms with Crippen molar-refractivity contribution in [3.63, 3.8) is 0 Å². The molecule has 0 saturated carbocycles. The zero-order chi connectivity index (χ0) is 15.0. The average Bonchev–Trinajstić information content (AvgIpc) is 2.82. The smallest absolute Gasteiger partial charge is 0.292 e. The third-order valence-electron chi connectivity index (χ3n) is 3.44. The first-order valence-corrected chi connectivity index (χ1v) is 7.48. The number of aromatic nitrogens is 2. The molecule has 0 radical (unpaired) electrons. The van der Waals surface area contributed by atoms with Gasteiger partial charge in [0.25, 0.3) is 0 Å². The molecule has 0 aromatic carbocycles. The second-order valence-electron chi connectivity index (χ2n) is 5.21. The van der Waals surface area contributed by atoms with Crippen molar-refractivity contribution in [1.29, 1.82) is 0 Å². The Bertz CT molecular complexity index is 651. The van der Waals surface area contributed by atoms with Gasteiger partial charge in [0.2, 0.25) is 5.82 Å². The first-order chi connectivity index (χ1) is 9.91. The van der Waals surface area contributed by atoms with E-state index in [9.17, 15) is 13.2 Å². The quantitative estimate of drug-likeness (QED) is 0.850. The maximum absolute atomic E-state index is 12.7. The Labute approximate surface area is 124 Å². The Kier molecular flexibility index (Phi) is 3.71. The molecule has 0 amide bonds. The van der Waals surface area contributed by atoms with Crippen molar-refractivity contribution in [3.8, 4) is 0 Å². The van der Waals surface area contributed by atoms with Gasteiger partial charge in [0.1, 0.15) is 0 Å². The van der Waals surface area contributed by atoms with E-state index in [4.69, 9.17) is 0 Å². The van der Waals surface area contributed by atoms with Crippen molar-refractivity contribution >= 4 is 11.3 Å². The summed E-state index contributed by atoms with van der Waals surface area (Å²) >= 11 is 1.68. The van der Waals surface area contributed by atoms with Crippen LogP contribution in [0.25, 0.3) is 0 Å². The Morgan fingerprint density at radius 3 is 2.86 bits per heavy atom. The van der Waals surface area contributed by atoms with Gasteiger partial charge in [0.15, 0.2) is 0 Å². The lowest BCUT2D eigenvalue weighted by atomic mass is 10.1. The van der Waals surface area contributed by atoms with E-state index in [2.05, 4.69) is 26.3 Å². The third kappa shape index (κ3) is 3.24. The Morgan fingerprint density at radius 1 is 1.38 bits per heavy atom. The summed E-state index contributed by atoms with van der Waals surface area (Å²) in [5.41, 5.74) is 2.53. The molecule has 0 saturated heterocycles. The van der Waals surface area contributed by atoms with Crippen LogP contribution in [0.3, 0.4) is 0 Å². The fourth-order valence-corrected chi connectivity index (χ4v) is 3.34. The van der Waals surface area contributed by atoms with Gasteiger partial charge in [0, 0.05) is 30.7 Å². The highest BCUT2D eigenvalue weighted by Crippen LogP contribution is 2.28. The van der Waals surface area contributed by atoms with E-state index in [-0.39, 0.29) is 0 Å². The highest BCUT2D eigenvalue weighted by molar-refractivity contribution is 7.10. The van der Waals surface area contributed by atoms with Crippen LogP contribution in [0.5, 0.6) is 0 Å². The number of fused-ring (bicyclic) bond motifs is 1. The summed E-state index contributed by atoms with van der Waals surface area (Å²) < 4.78 is 38.0. The van der Waals surface area contributed by atoms with Crippen molar-refractivity contribution in [2.75, 3.05) is 6.54 Å². The number of hydrogen-bond acceptors (Lipinski definition) is 4. The van der Waals surface area contributed by atoms with E-state index < -0.39 is 12.0 Å². The van der Waals surface area contributed by atoms with Gasteiger partial charge in [-0.1, -0.05) is 0 Å². The number of aryl methyl sites for hydroxylation is 1. The zero-order valence-electron chi connectivity index (χ0n) is 11.4.